The predicted molar refractivity (Wildman–Crippen MR) is 53.8 cm³/mol. The molecule has 1 atom stereocenters. The molecule has 1 aliphatic rings. The van der Waals surface area contributed by atoms with Gasteiger partial charge in [0.2, 0.25) is 11.8 Å². The van der Waals surface area contributed by atoms with Gasteiger partial charge in [0, 0.05) is 13.0 Å². The van der Waals surface area contributed by atoms with E-state index in [1.54, 1.807) is 0 Å². The highest BCUT2D eigenvalue weighted by Crippen LogP contribution is 2.22. The molecule has 0 spiro atoms. The third kappa shape index (κ3) is 1.86. The van der Waals surface area contributed by atoms with Crippen LogP contribution in [0.25, 0.3) is 0 Å². The summed E-state index contributed by atoms with van der Waals surface area (Å²) in [5.41, 5.74) is 5.13. The van der Waals surface area contributed by atoms with Gasteiger partial charge in [-0.25, -0.2) is 9.37 Å². The first kappa shape index (κ1) is 10.5. The van der Waals surface area contributed by atoms with Gasteiger partial charge in [0.25, 0.3) is 0 Å². The molecule has 5 nitrogen and oxygen atoms in total. The summed E-state index contributed by atoms with van der Waals surface area (Å²) in [6, 6.07) is 2.61. The van der Waals surface area contributed by atoms with Gasteiger partial charge in [0.05, 0.1) is 12.1 Å². The van der Waals surface area contributed by atoms with Crippen LogP contribution in [-0.2, 0) is 9.59 Å². The lowest BCUT2D eigenvalue weighted by Gasteiger charge is -2.14. The van der Waals surface area contributed by atoms with E-state index in [-0.39, 0.29) is 18.9 Å². The number of carbonyl (C=O) groups is 2. The van der Waals surface area contributed by atoms with E-state index in [0.717, 1.165) is 6.20 Å². The molecule has 0 saturated carbocycles. The van der Waals surface area contributed by atoms with Gasteiger partial charge in [0.1, 0.15) is 11.6 Å². The number of halogens is 1. The number of nitrogens with zero attached hydrogens (tertiary/aromatic N) is 2. The summed E-state index contributed by atoms with van der Waals surface area (Å²) < 4.78 is 12.6. The summed E-state index contributed by atoms with van der Waals surface area (Å²) in [5.74, 6) is -1.34. The lowest BCUT2D eigenvalue weighted by molar-refractivity contribution is -0.123. The number of nitrogens with two attached hydrogens (primary N) is 1. The highest BCUT2D eigenvalue weighted by atomic mass is 19.1. The summed E-state index contributed by atoms with van der Waals surface area (Å²) >= 11 is 0. The first-order valence-corrected chi connectivity index (χ1v) is 4.79. The first-order valence-electron chi connectivity index (χ1n) is 4.79. The van der Waals surface area contributed by atoms with Crippen molar-refractivity contribution in [1.29, 1.82) is 0 Å². The van der Waals surface area contributed by atoms with Crippen molar-refractivity contribution >= 4 is 17.6 Å². The zero-order valence-electron chi connectivity index (χ0n) is 8.39. The second kappa shape index (κ2) is 3.88. The third-order valence-electron chi connectivity index (χ3n) is 2.52. The van der Waals surface area contributed by atoms with E-state index < -0.39 is 17.6 Å². The Hall–Kier alpha value is -1.98. The van der Waals surface area contributed by atoms with Crippen LogP contribution in [0.3, 0.4) is 0 Å². The van der Waals surface area contributed by atoms with Crippen LogP contribution in [0.2, 0.25) is 0 Å². The summed E-state index contributed by atoms with van der Waals surface area (Å²) in [6.45, 7) is 0.215. The van der Waals surface area contributed by atoms with Crippen molar-refractivity contribution in [3.8, 4) is 0 Å². The molecule has 1 fully saturated rings. The van der Waals surface area contributed by atoms with Gasteiger partial charge in [-0.05, 0) is 12.1 Å². The van der Waals surface area contributed by atoms with E-state index in [1.807, 2.05) is 0 Å². The van der Waals surface area contributed by atoms with Crippen LogP contribution < -0.4 is 10.6 Å². The molecule has 1 aliphatic heterocycles. The Kier molecular flexibility index (Phi) is 2.55. The summed E-state index contributed by atoms with van der Waals surface area (Å²) in [5, 5.41) is 0. The Morgan fingerprint density at radius 3 is 2.81 bits per heavy atom. The zero-order valence-corrected chi connectivity index (χ0v) is 8.39. The second-order valence-electron chi connectivity index (χ2n) is 3.64. The van der Waals surface area contributed by atoms with Crippen LogP contribution in [0, 0.1) is 11.7 Å². The van der Waals surface area contributed by atoms with E-state index in [4.69, 9.17) is 5.73 Å². The Balaban J connectivity index is 2.20. The van der Waals surface area contributed by atoms with Gasteiger partial charge in [-0.2, -0.15) is 0 Å². The predicted octanol–water partition coefficient (Wildman–Crippen LogP) is 0.0589. The molecule has 1 aromatic heterocycles. The maximum atomic E-state index is 12.6. The van der Waals surface area contributed by atoms with Crippen molar-refractivity contribution in [3.05, 3.63) is 24.1 Å². The van der Waals surface area contributed by atoms with E-state index in [2.05, 4.69) is 4.98 Å². The van der Waals surface area contributed by atoms with Crippen LogP contribution in [0.1, 0.15) is 6.42 Å². The van der Waals surface area contributed by atoms with Crippen molar-refractivity contribution in [2.45, 2.75) is 6.42 Å². The number of anilines is 1. The molecule has 2 heterocycles. The average molecular weight is 223 g/mol. The topological polar surface area (TPSA) is 76.3 Å². The van der Waals surface area contributed by atoms with Gasteiger partial charge in [0.15, 0.2) is 0 Å². The van der Waals surface area contributed by atoms with Crippen LogP contribution in [-0.4, -0.2) is 23.3 Å². The number of rotatable bonds is 2. The van der Waals surface area contributed by atoms with Gasteiger partial charge in [-0.3, -0.25) is 14.5 Å². The highest BCUT2D eigenvalue weighted by molar-refractivity contribution is 5.99. The molecule has 0 aliphatic carbocycles. The molecule has 16 heavy (non-hydrogen) atoms. The van der Waals surface area contributed by atoms with E-state index in [1.165, 1.54) is 17.0 Å². The van der Waals surface area contributed by atoms with Crippen LogP contribution in [0.15, 0.2) is 18.3 Å². The second-order valence-corrected chi connectivity index (χ2v) is 3.64. The maximum Gasteiger partial charge on any atom is 0.229 e. The molecule has 2 N–H and O–H groups in total. The maximum absolute atomic E-state index is 12.6. The molecule has 84 valence electrons. The van der Waals surface area contributed by atoms with Crippen molar-refractivity contribution in [3.63, 3.8) is 0 Å². The lowest BCUT2D eigenvalue weighted by Crippen LogP contribution is -2.28. The standard InChI is InChI=1S/C10H10FN3O2/c11-7-1-2-8(13-4-7)14-5-6(10(12)16)3-9(14)15/h1-2,4,6H,3,5H2,(H2,12,16). The fourth-order valence-electron chi connectivity index (χ4n) is 1.65. The van der Waals surface area contributed by atoms with Crippen molar-refractivity contribution in [2.24, 2.45) is 11.7 Å². The molecule has 0 aromatic carbocycles. The third-order valence-corrected chi connectivity index (χ3v) is 2.52. The van der Waals surface area contributed by atoms with Crippen LogP contribution in [0.5, 0.6) is 0 Å². The average Bonchev–Trinajstić information content (AvgIpc) is 2.62. The summed E-state index contributed by atoms with van der Waals surface area (Å²) in [6.07, 6.45) is 1.12. The van der Waals surface area contributed by atoms with Gasteiger partial charge in [-0.1, -0.05) is 0 Å². The smallest absolute Gasteiger partial charge is 0.229 e. The number of carbonyl (C=O) groups excluding carboxylic acids is 2. The monoisotopic (exact) mass is 223 g/mol. The number of amides is 2. The molecule has 0 bridgehead atoms. The zero-order chi connectivity index (χ0) is 11.7. The number of primary amides is 1. The first-order chi connectivity index (χ1) is 7.58. The van der Waals surface area contributed by atoms with Crippen molar-refractivity contribution in [2.75, 3.05) is 11.4 Å². The normalized spacial score (nSPS) is 20.2. The van der Waals surface area contributed by atoms with Crippen molar-refractivity contribution < 1.29 is 14.0 Å². The molecule has 6 heteroatoms. The number of aromatic nitrogens is 1. The van der Waals surface area contributed by atoms with Gasteiger partial charge < -0.3 is 5.73 Å². The quantitative estimate of drug-likeness (QED) is 0.770. The molecular weight excluding hydrogens is 213 g/mol. The number of hydrogen-bond acceptors (Lipinski definition) is 3. The molecule has 1 aromatic rings. The Morgan fingerprint density at radius 2 is 2.31 bits per heavy atom. The minimum Gasteiger partial charge on any atom is -0.369 e. The molecule has 2 rings (SSSR count). The SMILES string of the molecule is NC(=O)C1CC(=O)N(c2ccc(F)cn2)C1. The van der Waals surface area contributed by atoms with Gasteiger partial charge in [-0.15, -0.1) is 0 Å². The number of hydrogen-bond donors (Lipinski definition) is 1. The molecule has 1 unspecified atom stereocenters. The molecule has 1 saturated heterocycles. The Bertz CT molecular complexity index is 432. The Labute approximate surface area is 91.1 Å². The van der Waals surface area contributed by atoms with Crippen LogP contribution >= 0.6 is 0 Å². The van der Waals surface area contributed by atoms with E-state index in [9.17, 15) is 14.0 Å². The largest absolute Gasteiger partial charge is 0.369 e. The summed E-state index contributed by atoms with van der Waals surface area (Å²) in [4.78, 5) is 27.6. The van der Waals surface area contributed by atoms with Crippen LogP contribution in [0.4, 0.5) is 10.2 Å². The summed E-state index contributed by atoms with van der Waals surface area (Å²) in [7, 11) is 0. The van der Waals surface area contributed by atoms with E-state index in [0.29, 0.717) is 5.82 Å². The van der Waals surface area contributed by atoms with E-state index >= 15 is 0 Å². The fraction of sp³-hybridized carbons (Fsp3) is 0.300. The molecule has 2 amide bonds. The minimum absolute atomic E-state index is 0.0917. The molecular formula is C10H10FN3O2. The fourth-order valence-corrected chi connectivity index (χ4v) is 1.65. The Morgan fingerprint density at radius 1 is 1.56 bits per heavy atom. The lowest BCUT2D eigenvalue weighted by atomic mass is 10.1. The highest BCUT2D eigenvalue weighted by Gasteiger charge is 2.34. The van der Waals surface area contributed by atoms with Gasteiger partial charge >= 0.3 is 0 Å². The van der Waals surface area contributed by atoms with Crippen molar-refractivity contribution in [1.82, 2.24) is 4.98 Å². The minimum atomic E-state index is -0.502. The molecule has 0 radical (unpaired) electrons. The number of pyridine rings is 1.